The first kappa shape index (κ1) is 43.0. The standard InChI is InChI=1S/C35H37F3IN6O9PS2/c1-4-7-50-55(47,52-10-11-56-39)51-9-8-49-33-41-17-21(18-42-33)43-34(46)54-26-5-6-35(37,38)16-28(26)53-27-15-29-24(14-23(27)36)45-32(57-29)22-12-20(2)13-25-31(22)40-19-30(44-25)48-3/h12-15,17-19,26,28H,4-11,16H2,1-3H3,(H,43,46)/t26-,28+,55?/m1/s1. The Hall–Kier alpha value is -3.60. The van der Waals surface area contributed by atoms with Crippen molar-refractivity contribution in [1.82, 2.24) is 24.9 Å². The molecule has 3 atom stereocenters. The minimum atomic E-state index is -3.77. The minimum Gasteiger partial charge on any atom is -0.483 e. The molecule has 3 aromatic heterocycles. The number of benzene rings is 2. The van der Waals surface area contributed by atoms with Crippen LogP contribution in [0.15, 0.2) is 42.9 Å². The molecule has 0 spiro atoms. The van der Waals surface area contributed by atoms with Gasteiger partial charge in [0.1, 0.15) is 23.8 Å². The molecule has 15 nitrogen and oxygen atoms in total. The molecule has 1 amide bonds. The lowest BCUT2D eigenvalue weighted by atomic mass is 9.91. The van der Waals surface area contributed by atoms with Gasteiger partial charge in [-0.1, -0.05) is 15.9 Å². The zero-order valence-corrected chi connectivity index (χ0v) is 35.4. The first-order valence-corrected chi connectivity index (χ1v) is 23.3. The number of amides is 1. The molecule has 0 radical (unpaired) electrons. The van der Waals surface area contributed by atoms with Crippen LogP contribution in [-0.2, 0) is 22.9 Å². The van der Waals surface area contributed by atoms with Crippen LogP contribution in [0.3, 0.4) is 0 Å². The summed E-state index contributed by atoms with van der Waals surface area (Å²) in [6, 6.07) is 6.26. The van der Waals surface area contributed by atoms with Crippen molar-refractivity contribution in [2.75, 3.05) is 44.6 Å². The van der Waals surface area contributed by atoms with Crippen LogP contribution >= 0.6 is 49.3 Å². The minimum absolute atomic E-state index is 0.0688. The van der Waals surface area contributed by atoms with E-state index in [1.165, 1.54) is 58.1 Å². The van der Waals surface area contributed by atoms with Crippen LogP contribution in [0.5, 0.6) is 17.6 Å². The molecular formula is C35H37F3IN6O9PS2. The van der Waals surface area contributed by atoms with Crippen molar-refractivity contribution in [2.24, 2.45) is 0 Å². The van der Waals surface area contributed by atoms with E-state index in [0.717, 1.165) is 5.56 Å². The Labute approximate surface area is 345 Å². The van der Waals surface area contributed by atoms with E-state index in [-0.39, 0.29) is 50.3 Å². The normalized spacial score (nSPS) is 17.6. The van der Waals surface area contributed by atoms with Crippen LogP contribution < -0.4 is 19.5 Å². The molecule has 1 N–H and O–H groups in total. The number of halogens is 4. The number of anilines is 1. The maximum absolute atomic E-state index is 15.5. The van der Waals surface area contributed by atoms with E-state index in [0.29, 0.717) is 49.9 Å². The van der Waals surface area contributed by atoms with E-state index >= 15 is 4.39 Å². The molecule has 306 valence electrons. The molecular weight excluding hydrogens is 927 g/mol. The second kappa shape index (κ2) is 19.4. The number of thiazole rings is 1. The summed E-state index contributed by atoms with van der Waals surface area (Å²) in [5.41, 5.74) is 3.20. The van der Waals surface area contributed by atoms with Gasteiger partial charge in [0.2, 0.25) is 5.88 Å². The van der Waals surface area contributed by atoms with Crippen LogP contribution in [0, 0.1) is 12.7 Å². The number of aryl methyl sites for hydroxylation is 1. The SMILES string of the molecule is CCCOP(=O)(OCCOc1ncc(NC(=O)O[C@@H]2CCC(F)(F)C[C@@H]2Oc2cc3sc(-c4cc(C)cc5nc(OC)cnc45)nc3cc2F)cn1)OCCSI. The number of aromatic nitrogens is 5. The van der Waals surface area contributed by atoms with Crippen LogP contribution in [0.2, 0.25) is 0 Å². The summed E-state index contributed by atoms with van der Waals surface area (Å²) >= 11 is 3.34. The molecule has 2 aromatic carbocycles. The summed E-state index contributed by atoms with van der Waals surface area (Å²) < 4.78 is 96.0. The van der Waals surface area contributed by atoms with Crippen molar-refractivity contribution in [1.29, 1.82) is 0 Å². The first-order chi connectivity index (χ1) is 27.4. The van der Waals surface area contributed by atoms with E-state index in [1.807, 2.05) is 26.0 Å². The third-order valence-corrected chi connectivity index (χ3v) is 12.4. The van der Waals surface area contributed by atoms with Gasteiger partial charge in [-0.3, -0.25) is 18.9 Å². The Morgan fingerprint density at radius 3 is 2.54 bits per heavy atom. The van der Waals surface area contributed by atoms with E-state index in [2.05, 4.69) is 51.4 Å². The van der Waals surface area contributed by atoms with Crippen molar-refractivity contribution >= 4 is 82.3 Å². The van der Waals surface area contributed by atoms with Crippen molar-refractivity contribution < 1.29 is 55.0 Å². The van der Waals surface area contributed by atoms with Gasteiger partial charge in [-0.05, 0) is 58.7 Å². The van der Waals surface area contributed by atoms with Crippen LogP contribution in [-0.4, -0.2) is 88.4 Å². The third kappa shape index (κ3) is 11.5. The Balaban J connectivity index is 1.08. The largest absolute Gasteiger partial charge is 0.483 e. The summed E-state index contributed by atoms with van der Waals surface area (Å²) in [5, 5.41) is 2.99. The van der Waals surface area contributed by atoms with Gasteiger partial charge in [0.25, 0.3) is 5.92 Å². The van der Waals surface area contributed by atoms with Gasteiger partial charge in [-0.2, -0.15) is 0 Å². The molecule has 1 unspecified atom stereocenters. The Kier molecular flexibility index (Phi) is 14.7. The maximum Gasteiger partial charge on any atom is 0.474 e. The summed E-state index contributed by atoms with van der Waals surface area (Å²) in [4.78, 5) is 34.5. The second-order valence-electron chi connectivity index (χ2n) is 12.5. The second-order valence-corrected chi connectivity index (χ2v) is 17.7. The molecule has 0 aliphatic heterocycles. The van der Waals surface area contributed by atoms with Gasteiger partial charge in [-0.25, -0.2) is 47.5 Å². The summed E-state index contributed by atoms with van der Waals surface area (Å²) in [7, 11) is -0.778. The predicted molar refractivity (Wildman–Crippen MR) is 216 cm³/mol. The quantitative estimate of drug-likeness (QED) is 0.0499. The van der Waals surface area contributed by atoms with Crippen molar-refractivity contribution in [3.63, 3.8) is 0 Å². The number of carbonyl (C=O) groups is 1. The van der Waals surface area contributed by atoms with Gasteiger partial charge in [-0.15, -0.1) is 11.3 Å². The number of rotatable bonds is 18. The monoisotopic (exact) mass is 964 g/mol. The third-order valence-electron chi connectivity index (χ3n) is 8.20. The highest BCUT2D eigenvalue weighted by Crippen LogP contribution is 2.49. The van der Waals surface area contributed by atoms with Crippen LogP contribution in [0.1, 0.15) is 38.2 Å². The number of methoxy groups -OCH3 is 1. The molecule has 5 aromatic rings. The number of carbonyl (C=O) groups excluding carboxylic acids is 1. The van der Waals surface area contributed by atoms with Crippen molar-refractivity contribution in [3.8, 4) is 28.2 Å². The van der Waals surface area contributed by atoms with Gasteiger partial charge in [0, 0.05) is 29.9 Å². The Bertz CT molecular complexity index is 2230. The van der Waals surface area contributed by atoms with Gasteiger partial charge < -0.3 is 18.9 Å². The highest BCUT2D eigenvalue weighted by Gasteiger charge is 2.45. The lowest BCUT2D eigenvalue weighted by molar-refractivity contribution is -0.114. The van der Waals surface area contributed by atoms with Crippen LogP contribution in [0.25, 0.3) is 31.8 Å². The number of fused-ring (bicyclic) bond motifs is 2. The molecule has 57 heavy (non-hydrogen) atoms. The molecule has 1 saturated carbocycles. The number of nitrogens with one attached hydrogen (secondary N) is 1. The fraction of sp³-hybridized carbons (Fsp3) is 0.429. The zero-order chi connectivity index (χ0) is 40.6. The Morgan fingerprint density at radius 2 is 1.79 bits per heavy atom. The van der Waals surface area contributed by atoms with E-state index in [4.69, 9.17) is 32.5 Å². The van der Waals surface area contributed by atoms with Crippen LogP contribution in [0.4, 0.5) is 23.7 Å². The zero-order valence-electron chi connectivity index (χ0n) is 30.7. The lowest BCUT2D eigenvalue weighted by Crippen LogP contribution is -2.45. The number of hydrogen-bond donors (Lipinski definition) is 1. The number of nitrogens with zero attached hydrogens (tertiary/aromatic N) is 5. The molecule has 1 fully saturated rings. The highest BCUT2D eigenvalue weighted by molar-refractivity contribution is 14.2. The number of alkyl halides is 2. The summed E-state index contributed by atoms with van der Waals surface area (Å²) in [6.07, 6.45) is -0.520. The average molecular weight is 965 g/mol. The fourth-order valence-corrected chi connectivity index (χ4v) is 8.69. The smallest absolute Gasteiger partial charge is 0.474 e. The lowest BCUT2D eigenvalue weighted by Gasteiger charge is -2.35. The van der Waals surface area contributed by atoms with Gasteiger partial charge in [0.15, 0.2) is 11.6 Å². The maximum atomic E-state index is 15.5. The molecule has 0 saturated heterocycles. The van der Waals surface area contributed by atoms with Gasteiger partial charge >= 0.3 is 19.9 Å². The average Bonchev–Trinajstić information content (AvgIpc) is 3.59. The molecule has 22 heteroatoms. The van der Waals surface area contributed by atoms with E-state index < -0.39 is 50.7 Å². The number of phosphoric ester groups is 1. The topological polar surface area (TPSA) is 175 Å². The van der Waals surface area contributed by atoms with Gasteiger partial charge in [0.05, 0.1) is 78.9 Å². The number of phosphoric acid groups is 1. The Morgan fingerprint density at radius 1 is 1.02 bits per heavy atom. The predicted octanol–water partition coefficient (Wildman–Crippen LogP) is 9.37. The fourth-order valence-electron chi connectivity index (χ4n) is 5.64. The first-order valence-electron chi connectivity index (χ1n) is 17.5. The molecule has 0 bridgehead atoms. The number of hydrogen-bond acceptors (Lipinski definition) is 16. The number of ether oxygens (including phenoxy) is 4. The summed E-state index contributed by atoms with van der Waals surface area (Å²) in [6.45, 7) is 3.91. The highest BCUT2D eigenvalue weighted by atomic mass is 127. The molecule has 6 rings (SSSR count). The van der Waals surface area contributed by atoms with E-state index in [1.54, 1.807) is 0 Å². The van der Waals surface area contributed by atoms with Crippen molar-refractivity contribution in [3.05, 3.63) is 54.2 Å². The molecule has 3 heterocycles. The van der Waals surface area contributed by atoms with Crippen molar-refractivity contribution in [2.45, 2.75) is 57.7 Å². The summed E-state index contributed by atoms with van der Waals surface area (Å²) in [5.74, 6) is -3.30. The molecule has 1 aliphatic carbocycles. The molecule has 1 aliphatic rings. The van der Waals surface area contributed by atoms with E-state index in [9.17, 15) is 18.1 Å².